The lowest BCUT2D eigenvalue weighted by Gasteiger charge is -2.22. The third-order valence-corrected chi connectivity index (χ3v) is 3.95. The Morgan fingerprint density at radius 2 is 1.74 bits per heavy atom. The number of hydrogen-bond donors (Lipinski definition) is 2. The van der Waals surface area contributed by atoms with Crippen LogP contribution < -0.4 is 10.6 Å². The molecule has 2 rings (SSSR count). The number of ether oxygens (including phenoxy) is 1. The van der Waals surface area contributed by atoms with E-state index < -0.39 is 23.2 Å². The molecule has 1 heterocycles. The van der Waals surface area contributed by atoms with Crippen LogP contribution in [0.5, 0.6) is 0 Å². The van der Waals surface area contributed by atoms with Gasteiger partial charge in [-0.25, -0.2) is 4.79 Å². The van der Waals surface area contributed by atoms with Crippen molar-refractivity contribution in [2.24, 2.45) is 5.41 Å². The van der Waals surface area contributed by atoms with Crippen molar-refractivity contribution in [1.82, 2.24) is 10.3 Å². The summed E-state index contributed by atoms with van der Waals surface area (Å²) in [5.74, 6) is -1.29. The molecule has 0 unspecified atom stereocenters. The maximum atomic E-state index is 12.5. The Kier molecular flexibility index (Phi) is 6.65. The van der Waals surface area contributed by atoms with Gasteiger partial charge in [-0.3, -0.25) is 14.6 Å². The minimum atomic E-state index is -1.28. The van der Waals surface area contributed by atoms with Crippen LogP contribution in [0.1, 0.15) is 36.8 Å². The van der Waals surface area contributed by atoms with Gasteiger partial charge in [0.15, 0.2) is 0 Å². The molecule has 2 N–H and O–H groups in total. The maximum Gasteiger partial charge on any atom is 0.338 e. The summed E-state index contributed by atoms with van der Waals surface area (Å²) in [6.45, 7) is 5.35. The molecule has 1 aromatic carbocycles. The molecule has 0 atom stereocenters. The zero-order chi connectivity index (χ0) is 19.9. The number of amides is 2. The lowest BCUT2D eigenvalue weighted by atomic mass is 9.91. The van der Waals surface area contributed by atoms with Gasteiger partial charge in [0.25, 0.3) is 0 Å². The molecule has 0 aliphatic heterocycles. The van der Waals surface area contributed by atoms with Crippen molar-refractivity contribution in [3.8, 4) is 0 Å². The molecular formula is C20H23N3O4. The van der Waals surface area contributed by atoms with Crippen molar-refractivity contribution in [2.45, 2.75) is 27.3 Å². The number of aromatic nitrogens is 1. The first-order chi connectivity index (χ1) is 12.8. The third kappa shape index (κ3) is 5.37. The number of pyridine rings is 1. The Morgan fingerprint density at radius 1 is 1.04 bits per heavy atom. The summed E-state index contributed by atoms with van der Waals surface area (Å²) in [5, 5.41) is 5.41. The van der Waals surface area contributed by atoms with Gasteiger partial charge in [0.05, 0.1) is 24.4 Å². The molecular weight excluding hydrogens is 346 g/mol. The molecule has 7 nitrogen and oxygen atoms in total. The minimum absolute atomic E-state index is 0.241. The zero-order valence-electron chi connectivity index (χ0n) is 15.6. The number of rotatable bonds is 7. The number of hydrogen-bond acceptors (Lipinski definition) is 5. The fourth-order valence-electron chi connectivity index (χ4n) is 2.19. The molecule has 0 aliphatic rings. The molecule has 0 bridgehead atoms. The highest BCUT2D eigenvalue weighted by Gasteiger charge is 2.36. The molecule has 0 radical (unpaired) electrons. The van der Waals surface area contributed by atoms with E-state index in [0.29, 0.717) is 23.6 Å². The van der Waals surface area contributed by atoms with Crippen molar-refractivity contribution < 1.29 is 19.1 Å². The van der Waals surface area contributed by atoms with Gasteiger partial charge in [-0.15, -0.1) is 0 Å². The predicted octanol–water partition coefficient (Wildman–Crippen LogP) is 2.54. The smallest absolute Gasteiger partial charge is 0.338 e. The fraction of sp³-hybridized carbons (Fsp3) is 0.300. The first kappa shape index (κ1) is 20.1. The van der Waals surface area contributed by atoms with E-state index in [2.05, 4.69) is 15.6 Å². The van der Waals surface area contributed by atoms with Crippen LogP contribution in [-0.4, -0.2) is 29.4 Å². The van der Waals surface area contributed by atoms with Gasteiger partial charge < -0.3 is 15.4 Å². The SMILES string of the molecule is CCOC(=O)c1ccc(NC(=O)C(C)(C)C(=O)NCc2ccccn2)cc1. The minimum Gasteiger partial charge on any atom is -0.462 e. The fourth-order valence-corrected chi connectivity index (χ4v) is 2.19. The number of benzene rings is 1. The number of esters is 1. The number of nitrogens with zero attached hydrogens (tertiary/aromatic N) is 1. The van der Waals surface area contributed by atoms with E-state index in [-0.39, 0.29) is 6.54 Å². The first-order valence-corrected chi connectivity index (χ1v) is 8.61. The lowest BCUT2D eigenvalue weighted by Crippen LogP contribution is -2.44. The Morgan fingerprint density at radius 3 is 2.33 bits per heavy atom. The quantitative estimate of drug-likeness (QED) is 0.577. The van der Waals surface area contributed by atoms with E-state index in [1.165, 1.54) is 0 Å². The monoisotopic (exact) mass is 369 g/mol. The standard InChI is InChI=1S/C20H23N3O4/c1-4-27-17(24)14-8-10-15(11-9-14)23-19(26)20(2,3)18(25)22-13-16-7-5-6-12-21-16/h5-12H,4,13H2,1-3H3,(H,22,25)(H,23,26). The molecule has 0 saturated carbocycles. The molecule has 2 amide bonds. The molecule has 0 aliphatic carbocycles. The second-order valence-corrected chi connectivity index (χ2v) is 6.38. The van der Waals surface area contributed by atoms with Gasteiger partial charge in [0, 0.05) is 11.9 Å². The molecule has 0 saturated heterocycles. The molecule has 142 valence electrons. The Balaban J connectivity index is 1.96. The van der Waals surface area contributed by atoms with Gasteiger partial charge >= 0.3 is 5.97 Å². The second kappa shape index (κ2) is 8.93. The summed E-state index contributed by atoms with van der Waals surface area (Å²) in [6.07, 6.45) is 1.64. The van der Waals surface area contributed by atoms with Crippen LogP contribution in [0.2, 0.25) is 0 Å². The molecule has 0 spiro atoms. The Bertz CT molecular complexity index is 802. The van der Waals surface area contributed by atoms with E-state index in [1.54, 1.807) is 63.4 Å². The van der Waals surface area contributed by atoms with Crippen LogP contribution in [0.4, 0.5) is 5.69 Å². The topological polar surface area (TPSA) is 97.4 Å². The third-order valence-electron chi connectivity index (χ3n) is 3.95. The van der Waals surface area contributed by atoms with Crippen molar-refractivity contribution in [2.75, 3.05) is 11.9 Å². The largest absolute Gasteiger partial charge is 0.462 e. The van der Waals surface area contributed by atoms with Crippen molar-refractivity contribution in [1.29, 1.82) is 0 Å². The predicted molar refractivity (Wildman–Crippen MR) is 101 cm³/mol. The first-order valence-electron chi connectivity index (χ1n) is 8.61. The van der Waals surface area contributed by atoms with Crippen molar-refractivity contribution in [3.05, 3.63) is 59.9 Å². The number of nitrogens with one attached hydrogen (secondary N) is 2. The highest BCUT2D eigenvalue weighted by molar-refractivity contribution is 6.09. The highest BCUT2D eigenvalue weighted by atomic mass is 16.5. The number of carbonyl (C=O) groups is 3. The average molecular weight is 369 g/mol. The Labute approximate surface area is 158 Å². The van der Waals surface area contributed by atoms with E-state index in [9.17, 15) is 14.4 Å². The molecule has 0 fully saturated rings. The van der Waals surface area contributed by atoms with Crippen LogP contribution in [-0.2, 0) is 20.9 Å². The van der Waals surface area contributed by atoms with Gasteiger partial charge in [-0.05, 0) is 57.2 Å². The van der Waals surface area contributed by atoms with E-state index in [0.717, 1.165) is 0 Å². The summed E-state index contributed by atoms with van der Waals surface area (Å²) >= 11 is 0. The number of carbonyl (C=O) groups excluding carboxylic acids is 3. The van der Waals surface area contributed by atoms with E-state index in [4.69, 9.17) is 4.74 Å². The lowest BCUT2D eigenvalue weighted by molar-refractivity contribution is -0.138. The summed E-state index contributed by atoms with van der Waals surface area (Å²) in [5.41, 5.74) is 0.298. The summed E-state index contributed by atoms with van der Waals surface area (Å²) in [6, 6.07) is 11.7. The van der Waals surface area contributed by atoms with Crippen LogP contribution in [0.15, 0.2) is 48.7 Å². The normalized spacial score (nSPS) is 10.8. The van der Waals surface area contributed by atoms with Gasteiger partial charge in [0.2, 0.25) is 11.8 Å². The summed E-state index contributed by atoms with van der Waals surface area (Å²) in [7, 11) is 0. The van der Waals surface area contributed by atoms with Crippen LogP contribution >= 0.6 is 0 Å². The molecule has 7 heteroatoms. The van der Waals surface area contributed by atoms with E-state index >= 15 is 0 Å². The molecule has 27 heavy (non-hydrogen) atoms. The van der Waals surface area contributed by atoms with Gasteiger partial charge in [0.1, 0.15) is 5.41 Å². The maximum absolute atomic E-state index is 12.5. The van der Waals surface area contributed by atoms with Crippen LogP contribution in [0, 0.1) is 5.41 Å². The van der Waals surface area contributed by atoms with Gasteiger partial charge in [-0.1, -0.05) is 6.07 Å². The highest BCUT2D eigenvalue weighted by Crippen LogP contribution is 2.20. The summed E-state index contributed by atoms with van der Waals surface area (Å²) in [4.78, 5) is 40.7. The van der Waals surface area contributed by atoms with Crippen LogP contribution in [0.25, 0.3) is 0 Å². The van der Waals surface area contributed by atoms with Gasteiger partial charge in [-0.2, -0.15) is 0 Å². The average Bonchev–Trinajstić information content (AvgIpc) is 2.67. The van der Waals surface area contributed by atoms with E-state index in [1.807, 2.05) is 6.07 Å². The second-order valence-electron chi connectivity index (χ2n) is 6.38. The Hall–Kier alpha value is -3.22. The summed E-state index contributed by atoms with van der Waals surface area (Å²) < 4.78 is 4.91. The van der Waals surface area contributed by atoms with Crippen LogP contribution in [0.3, 0.4) is 0 Å². The van der Waals surface area contributed by atoms with Crippen molar-refractivity contribution >= 4 is 23.5 Å². The molecule has 2 aromatic rings. The number of anilines is 1. The molecule has 1 aromatic heterocycles. The van der Waals surface area contributed by atoms with Crippen molar-refractivity contribution in [3.63, 3.8) is 0 Å². The zero-order valence-corrected chi connectivity index (χ0v) is 15.6.